The van der Waals surface area contributed by atoms with E-state index in [-0.39, 0.29) is 5.69 Å². The molecule has 6 heteroatoms. The zero-order valence-corrected chi connectivity index (χ0v) is 11.6. The lowest BCUT2D eigenvalue weighted by molar-refractivity contribution is -0.385. The molecule has 108 valence electrons. The first-order valence-electron chi connectivity index (χ1n) is 6.57. The van der Waals surface area contributed by atoms with E-state index in [1.807, 2.05) is 11.0 Å². The number of hydrogen-bond acceptors (Lipinski definition) is 4. The third-order valence-corrected chi connectivity index (χ3v) is 3.97. The first-order chi connectivity index (χ1) is 9.33. The van der Waals surface area contributed by atoms with Crippen molar-refractivity contribution in [3.63, 3.8) is 0 Å². The Morgan fingerprint density at radius 2 is 2.20 bits per heavy atom. The van der Waals surface area contributed by atoms with Gasteiger partial charge in [-0.1, -0.05) is 6.07 Å². The van der Waals surface area contributed by atoms with E-state index < -0.39 is 16.3 Å². The summed E-state index contributed by atoms with van der Waals surface area (Å²) >= 11 is 0. The Balaban J connectivity index is 2.30. The molecule has 1 saturated heterocycles. The second-order valence-corrected chi connectivity index (χ2v) is 5.62. The van der Waals surface area contributed by atoms with Crippen LogP contribution in [-0.2, 0) is 4.79 Å². The molecule has 1 atom stereocenters. The number of carbonyl (C=O) groups is 1. The normalized spacial score (nSPS) is 22.6. The van der Waals surface area contributed by atoms with Gasteiger partial charge in [0, 0.05) is 30.4 Å². The predicted molar refractivity (Wildman–Crippen MR) is 75.0 cm³/mol. The lowest BCUT2D eigenvalue weighted by Gasteiger charge is -2.38. The van der Waals surface area contributed by atoms with Crippen LogP contribution in [0.25, 0.3) is 0 Å². The highest BCUT2D eigenvalue weighted by molar-refractivity contribution is 5.75. The Morgan fingerprint density at radius 1 is 1.50 bits per heavy atom. The molecule has 1 fully saturated rings. The molecule has 1 aliphatic heterocycles. The van der Waals surface area contributed by atoms with Crippen molar-refractivity contribution in [2.75, 3.05) is 18.0 Å². The molecule has 0 aromatic heterocycles. The topological polar surface area (TPSA) is 83.7 Å². The number of piperidine rings is 1. The minimum Gasteiger partial charge on any atom is -0.481 e. The van der Waals surface area contributed by atoms with Gasteiger partial charge < -0.3 is 10.0 Å². The van der Waals surface area contributed by atoms with Crippen LogP contribution in [0.1, 0.15) is 25.3 Å². The molecule has 1 aliphatic rings. The molecule has 1 N–H and O–H groups in total. The third-order valence-electron chi connectivity index (χ3n) is 3.97. The second-order valence-electron chi connectivity index (χ2n) is 5.62. The maximum atomic E-state index is 11.3. The number of aryl methyl sites for hydroxylation is 1. The summed E-state index contributed by atoms with van der Waals surface area (Å²) in [4.78, 5) is 23.8. The standard InChI is InChI=1S/C14H18N2O4/c1-10-4-5-11(8-12(10)16(19)20)15-7-3-6-14(2,9-15)13(17)18/h4-5,8H,3,6-7,9H2,1-2H3,(H,17,18). The summed E-state index contributed by atoms with van der Waals surface area (Å²) in [5.41, 5.74) is 0.606. The van der Waals surface area contributed by atoms with Crippen LogP contribution in [0.5, 0.6) is 0 Å². The molecule has 0 spiro atoms. The molecule has 6 nitrogen and oxygen atoms in total. The number of anilines is 1. The number of rotatable bonds is 3. The van der Waals surface area contributed by atoms with Crippen LogP contribution >= 0.6 is 0 Å². The summed E-state index contributed by atoms with van der Waals surface area (Å²) in [6.07, 6.45) is 1.40. The summed E-state index contributed by atoms with van der Waals surface area (Å²) in [5, 5.41) is 20.3. The number of nitrogens with zero attached hydrogens (tertiary/aromatic N) is 2. The Hall–Kier alpha value is -2.11. The van der Waals surface area contributed by atoms with Crippen molar-refractivity contribution in [2.24, 2.45) is 5.41 Å². The molecule has 1 heterocycles. The molecular formula is C14H18N2O4. The van der Waals surface area contributed by atoms with Gasteiger partial charge in [-0.3, -0.25) is 14.9 Å². The van der Waals surface area contributed by atoms with E-state index in [1.165, 1.54) is 6.07 Å². The molecule has 0 bridgehead atoms. The average molecular weight is 278 g/mol. The average Bonchev–Trinajstić information content (AvgIpc) is 2.38. The number of aliphatic carboxylic acids is 1. The molecular weight excluding hydrogens is 260 g/mol. The number of carboxylic acid groups (broad SMARTS) is 1. The number of hydrogen-bond donors (Lipinski definition) is 1. The summed E-state index contributed by atoms with van der Waals surface area (Å²) in [5.74, 6) is -0.816. The first-order valence-corrected chi connectivity index (χ1v) is 6.57. The van der Waals surface area contributed by atoms with Gasteiger partial charge in [0.15, 0.2) is 0 Å². The van der Waals surface area contributed by atoms with Crippen LogP contribution in [0.2, 0.25) is 0 Å². The molecule has 0 radical (unpaired) electrons. The van der Waals surface area contributed by atoms with E-state index in [0.29, 0.717) is 18.5 Å². The van der Waals surface area contributed by atoms with Gasteiger partial charge in [0.1, 0.15) is 0 Å². The Labute approximate surface area is 117 Å². The van der Waals surface area contributed by atoms with E-state index in [4.69, 9.17) is 0 Å². The van der Waals surface area contributed by atoms with Crippen LogP contribution in [-0.4, -0.2) is 29.1 Å². The SMILES string of the molecule is Cc1ccc(N2CCCC(C)(C(=O)O)C2)cc1[N+](=O)[O-]. The summed E-state index contributed by atoms with van der Waals surface area (Å²) < 4.78 is 0. The van der Waals surface area contributed by atoms with Gasteiger partial charge in [-0.15, -0.1) is 0 Å². The predicted octanol–water partition coefficient (Wildman–Crippen LogP) is 2.59. The van der Waals surface area contributed by atoms with Crippen LogP contribution in [0, 0.1) is 22.5 Å². The number of benzene rings is 1. The van der Waals surface area contributed by atoms with Crippen molar-refractivity contribution in [3.05, 3.63) is 33.9 Å². The Bertz CT molecular complexity index is 558. The maximum Gasteiger partial charge on any atom is 0.311 e. The Morgan fingerprint density at radius 3 is 2.80 bits per heavy atom. The molecule has 1 aromatic carbocycles. The molecule has 0 amide bonds. The Kier molecular flexibility index (Phi) is 3.65. The van der Waals surface area contributed by atoms with Crippen molar-refractivity contribution in [1.82, 2.24) is 0 Å². The quantitative estimate of drug-likeness (QED) is 0.678. The minimum atomic E-state index is -0.816. The van der Waals surface area contributed by atoms with Gasteiger partial charge in [-0.05, 0) is 32.8 Å². The van der Waals surface area contributed by atoms with Crippen molar-refractivity contribution < 1.29 is 14.8 Å². The highest BCUT2D eigenvalue weighted by Gasteiger charge is 2.38. The summed E-state index contributed by atoms with van der Waals surface area (Å²) in [7, 11) is 0. The van der Waals surface area contributed by atoms with E-state index in [2.05, 4.69) is 0 Å². The molecule has 2 rings (SSSR count). The van der Waals surface area contributed by atoms with Crippen molar-refractivity contribution in [1.29, 1.82) is 0 Å². The highest BCUT2D eigenvalue weighted by Crippen LogP contribution is 2.34. The molecule has 0 saturated carbocycles. The van der Waals surface area contributed by atoms with Crippen molar-refractivity contribution >= 4 is 17.3 Å². The summed E-state index contributed by atoms with van der Waals surface area (Å²) in [6, 6.07) is 5.05. The fourth-order valence-corrected chi connectivity index (χ4v) is 2.63. The van der Waals surface area contributed by atoms with Gasteiger partial charge in [0.25, 0.3) is 5.69 Å². The molecule has 0 aliphatic carbocycles. The minimum absolute atomic E-state index is 0.0742. The van der Waals surface area contributed by atoms with E-state index in [9.17, 15) is 20.0 Å². The van der Waals surface area contributed by atoms with Gasteiger partial charge in [-0.2, -0.15) is 0 Å². The fourth-order valence-electron chi connectivity index (χ4n) is 2.63. The van der Waals surface area contributed by atoms with Gasteiger partial charge in [0.2, 0.25) is 0 Å². The smallest absolute Gasteiger partial charge is 0.311 e. The van der Waals surface area contributed by atoms with E-state index in [0.717, 1.165) is 18.7 Å². The van der Waals surface area contributed by atoms with Crippen molar-refractivity contribution in [2.45, 2.75) is 26.7 Å². The lowest BCUT2D eigenvalue weighted by atomic mass is 9.82. The maximum absolute atomic E-state index is 11.3. The lowest BCUT2D eigenvalue weighted by Crippen LogP contribution is -2.46. The largest absolute Gasteiger partial charge is 0.481 e. The zero-order valence-electron chi connectivity index (χ0n) is 11.6. The molecule has 1 aromatic rings. The second kappa shape index (κ2) is 5.11. The fraction of sp³-hybridized carbons (Fsp3) is 0.500. The van der Waals surface area contributed by atoms with Crippen molar-refractivity contribution in [3.8, 4) is 0 Å². The van der Waals surface area contributed by atoms with Crippen LogP contribution in [0.3, 0.4) is 0 Å². The van der Waals surface area contributed by atoms with E-state index in [1.54, 1.807) is 19.9 Å². The van der Waals surface area contributed by atoms with Crippen LogP contribution in [0.4, 0.5) is 11.4 Å². The third kappa shape index (κ3) is 2.59. The molecule has 1 unspecified atom stereocenters. The van der Waals surface area contributed by atoms with Crippen LogP contribution < -0.4 is 4.90 Å². The monoisotopic (exact) mass is 278 g/mol. The molecule has 20 heavy (non-hydrogen) atoms. The number of nitro groups is 1. The zero-order chi connectivity index (χ0) is 14.9. The van der Waals surface area contributed by atoms with Gasteiger partial charge in [0.05, 0.1) is 10.3 Å². The van der Waals surface area contributed by atoms with Crippen LogP contribution in [0.15, 0.2) is 18.2 Å². The first kappa shape index (κ1) is 14.3. The number of nitro benzene ring substituents is 1. The summed E-state index contributed by atoms with van der Waals surface area (Å²) in [6.45, 7) is 4.52. The number of carboxylic acids is 1. The van der Waals surface area contributed by atoms with Gasteiger partial charge in [-0.25, -0.2) is 0 Å². The highest BCUT2D eigenvalue weighted by atomic mass is 16.6. The van der Waals surface area contributed by atoms with E-state index >= 15 is 0 Å². The van der Waals surface area contributed by atoms with Gasteiger partial charge >= 0.3 is 5.97 Å².